The molecule has 1 aromatic heterocycles. The summed E-state index contributed by atoms with van der Waals surface area (Å²) in [6.45, 7) is 4.31. The second-order valence-corrected chi connectivity index (χ2v) is 4.56. The van der Waals surface area contributed by atoms with E-state index in [1.165, 1.54) is 16.9 Å². The lowest BCUT2D eigenvalue weighted by atomic mass is 9.99. The van der Waals surface area contributed by atoms with Gasteiger partial charge in [0.05, 0.1) is 6.33 Å². The molecule has 0 bridgehead atoms. The summed E-state index contributed by atoms with van der Waals surface area (Å²) in [7, 11) is 0. The van der Waals surface area contributed by atoms with Crippen molar-refractivity contribution in [3.63, 3.8) is 0 Å². The molecule has 0 unspecified atom stereocenters. The monoisotopic (exact) mass is 227 g/mol. The number of hydrogen-bond acceptors (Lipinski definition) is 2. The van der Waals surface area contributed by atoms with Gasteiger partial charge in [0.15, 0.2) is 0 Å². The summed E-state index contributed by atoms with van der Waals surface area (Å²) in [6, 6.07) is 8.74. The molecular weight excluding hydrogens is 210 g/mol. The lowest BCUT2D eigenvalue weighted by molar-refractivity contribution is 0.435. The zero-order chi connectivity index (χ0) is 11.7. The molecule has 0 aliphatic carbocycles. The number of nitrogens with one attached hydrogen (secondary N) is 1. The zero-order valence-corrected chi connectivity index (χ0v) is 10.1. The molecule has 1 aromatic carbocycles. The van der Waals surface area contributed by atoms with E-state index in [9.17, 15) is 0 Å². The summed E-state index contributed by atoms with van der Waals surface area (Å²) in [5.41, 5.74) is 3.90. The molecule has 1 saturated heterocycles. The summed E-state index contributed by atoms with van der Waals surface area (Å²) in [5, 5.41) is 3.31. The Labute approximate surface area is 101 Å². The SMILES string of the molecule is CCc1ccc(-n2cncc2C2CNC2)cc1. The van der Waals surface area contributed by atoms with Gasteiger partial charge in [-0.3, -0.25) is 0 Å². The van der Waals surface area contributed by atoms with E-state index in [4.69, 9.17) is 0 Å². The van der Waals surface area contributed by atoms with Crippen LogP contribution < -0.4 is 5.32 Å². The maximum Gasteiger partial charge on any atom is 0.0994 e. The third-order valence-electron chi connectivity index (χ3n) is 3.49. The summed E-state index contributed by atoms with van der Waals surface area (Å²) < 4.78 is 2.20. The van der Waals surface area contributed by atoms with Crippen LogP contribution in [0.2, 0.25) is 0 Å². The van der Waals surface area contributed by atoms with Crippen LogP contribution in [0.3, 0.4) is 0 Å². The van der Waals surface area contributed by atoms with Crippen molar-refractivity contribution < 1.29 is 0 Å². The van der Waals surface area contributed by atoms with E-state index >= 15 is 0 Å². The molecule has 0 spiro atoms. The lowest BCUT2D eigenvalue weighted by Gasteiger charge is -2.27. The molecule has 3 rings (SSSR count). The molecule has 1 aliphatic rings. The number of aryl methyl sites for hydroxylation is 1. The van der Waals surface area contributed by atoms with Crippen molar-refractivity contribution in [3.8, 4) is 5.69 Å². The van der Waals surface area contributed by atoms with Crippen LogP contribution in [-0.2, 0) is 6.42 Å². The van der Waals surface area contributed by atoms with Crippen molar-refractivity contribution >= 4 is 0 Å². The predicted octanol–water partition coefficient (Wildman–Crippen LogP) is 2.12. The molecule has 3 heteroatoms. The van der Waals surface area contributed by atoms with Gasteiger partial charge in [-0.1, -0.05) is 19.1 Å². The molecule has 1 N–H and O–H groups in total. The summed E-state index contributed by atoms with van der Waals surface area (Å²) in [5.74, 6) is 0.614. The highest BCUT2D eigenvalue weighted by atomic mass is 15.1. The normalized spacial score (nSPS) is 15.8. The summed E-state index contributed by atoms with van der Waals surface area (Å²) in [6.07, 6.45) is 4.98. The lowest BCUT2D eigenvalue weighted by Crippen LogP contribution is -2.40. The highest BCUT2D eigenvalue weighted by Gasteiger charge is 2.22. The molecule has 1 fully saturated rings. The van der Waals surface area contributed by atoms with Gasteiger partial charge in [0.1, 0.15) is 0 Å². The maximum absolute atomic E-state index is 4.28. The molecule has 0 radical (unpaired) electrons. The van der Waals surface area contributed by atoms with Gasteiger partial charge in [-0.05, 0) is 24.1 Å². The van der Waals surface area contributed by atoms with Crippen molar-refractivity contribution in [1.29, 1.82) is 0 Å². The van der Waals surface area contributed by atoms with Crippen molar-refractivity contribution in [3.05, 3.63) is 48.0 Å². The average molecular weight is 227 g/mol. The molecule has 0 amide bonds. The van der Waals surface area contributed by atoms with Crippen LogP contribution in [0.15, 0.2) is 36.8 Å². The molecule has 3 nitrogen and oxygen atoms in total. The molecule has 1 aliphatic heterocycles. The molecule has 0 saturated carbocycles. The standard InChI is InChI=1S/C14H17N3/c1-2-11-3-5-13(6-4-11)17-10-16-9-14(17)12-7-15-8-12/h3-6,9-10,12,15H,2,7-8H2,1H3. The Kier molecular flexibility index (Phi) is 2.69. The third kappa shape index (κ3) is 1.87. The Bertz CT molecular complexity index is 494. The molecule has 17 heavy (non-hydrogen) atoms. The first kappa shape index (κ1) is 10.5. The summed E-state index contributed by atoms with van der Waals surface area (Å²) in [4.78, 5) is 4.28. The van der Waals surface area contributed by atoms with Gasteiger partial charge >= 0.3 is 0 Å². The fourth-order valence-electron chi connectivity index (χ4n) is 2.21. The Balaban J connectivity index is 1.94. The fourth-order valence-corrected chi connectivity index (χ4v) is 2.21. The van der Waals surface area contributed by atoms with Crippen molar-refractivity contribution in [2.75, 3.05) is 13.1 Å². The Hall–Kier alpha value is -1.61. The molecule has 2 heterocycles. The minimum atomic E-state index is 0.614. The zero-order valence-electron chi connectivity index (χ0n) is 10.1. The van der Waals surface area contributed by atoms with Crippen molar-refractivity contribution in [2.24, 2.45) is 0 Å². The molecular formula is C14H17N3. The molecule has 2 aromatic rings. The highest BCUT2D eigenvalue weighted by Crippen LogP contribution is 2.22. The van der Waals surface area contributed by atoms with Gasteiger partial charge in [-0.2, -0.15) is 0 Å². The third-order valence-corrected chi connectivity index (χ3v) is 3.49. The van der Waals surface area contributed by atoms with Gasteiger partial charge in [0.25, 0.3) is 0 Å². The van der Waals surface area contributed by atoms with Crippen LogP contribution in [-0.4, -0.2) is 22.6 Å². The maximum atomic E-state index is 4.28. The first-order chi connectivity index (χ1) is 8.38. The van der Waals surface area contributed by atoms with Gasteiger partial charge < -0.3 is 9.88 Å². The van der Waals surface area contributed by atoms with Crippen molar-refractivity contribution in [2.45, 2.75) is 19.3 Å². The fraction of sp³-hybridized carbons (Fsp3) is 0.357. The van der Waals surface area contributed by atoms with E-state index in [-0.39, 0.29) is 0 Å². The van der Waals surface area contributed by atoms with Crippen LogP contribution in [0.5, 0.6) is 0 Å². The van der Waals surface area contributed by atoms with Gasteiger partial charge in [-0.25, -0.2) is 4.98 Å². The number of nitrogens with zero attached hydrogens (tertiary/aromatic N) is 2. The van der Waals surface area contributed by atoms with E-state index in [0.717, 1.165) is 19.5 Å². The number of benzene rings is 1. The second-order valence-electron chi connectivity index (χ2n) is 4.56. The average Bonchev–Trinajstić information content (AvgIpc) is 2.76. The van der Waals surface area contributed by atoms with Crippen LogP contribution in [0.4, 0.5) is 0 Å². The highest BCUT2D eigenvalue weighted by molar-refractivity contribution is 5.37. The molecule has 0 atom stereocenters. The van der Waals surface area contributed by atoms with Gasteiger partial charge in [-0.15, -0.1) is 0 Å². The predicted molar refractivity (Wildman–Crippen MR) is 68.6 cm³/mol. The Morgan fingerprint density at radius 2 is 2.06 bits per heavy atom. The Morgan fingerprint density at radius 3 is 2.65 bits per heavy atom. The topological polar surface area (TPSA) is 29.9 Å². The molecule has 88 valence electrons. The first-order valence-electron chi connectivity index (χ1n) is 6.20. The quantitative estimate of drug-likeness (QED) is 0.870. The van der Waals surface area contributed by atoms with Gasteiger partial charge in [0, 0.05) is 36.6 Å². The van der Waals surface area contributed by atoms with Crippen LogP contribution >= 0.6 is 0 Å². The van der Waals surface area contributed by atoms with Crippen molar-refractivity contribution in [1.82, 2.24) is 14.9 Å². The van der Waals surface area contributed by atoms with Crippen LogP contribution in [0, 0.1) is 0 Å². The van der Waals surface area contributed by atoms with Crippen LogP contribution in [0.25, 0.3) is 5.69 Å². The number of imidazole rings is 1. The van der Waals surface area contributed by atoms with E-state index in [0.29, 0.717) is 5.92 Å². The van der Waals surface area contributed by atoms with E-state index in [1.807, 2.05) is 12.5 Å². The number of aromatic nitrogens is 2. The largest absolute Gasteiger partial charge is 0.315 e. The smallest absolute Gasteiger partial charge is 0.0994 e. The minimum Gasteiger partial charge on any atom is -0.315 e. The van der Waals surface area contributed by atoms with Gasteiger partial charge in [0.2, 0.25) is 0 Å². The van der Waals surface area contributed by atoms with E-state index in [1.54, 1.807) is 0 Å². The van der Waals surface area contributed by atoms with E-state index in [2.05, 4.69) is 46.1 Å². The summed E-state index contributed by atoms with van der Waals surface area (Å²) >= 11 is 0. The number of hydrogen-bond donors (Lipinski definition) is 1. The Morgan fingerprint density at radius 1 is 1.29 bits per heavy atom. The first-order valence-corrected chi connectivity index (χ1v) is 6.20. The van der Waals surface area contributed by atoms with Crippen LogP contribution in [0.1, 0.15) is 24.1 Å². The second kappa shape index (κ2) is 4.34. The number of rotatable bonds is 3. The van der Waals surface area contributed by atoms with E-state index < -0.39 is 0 Å². The minimum absolute atomic E-state index is 0.614.